The molecule has 0 N–H and O–H groups in total. The molecule has 0 spiro atoms. The van der Waals surface area contributed by atoms with E-state index in [9.17, 15) is 14.4 Å². The summed E-state index contributed by atoms with van der Waals surface area (Å²) in [6.07, 6.45) is 0. The van der Waals surface area contributed by atoms with Crippen LogP contribution in [0.2, 0.25) is 0 Å². The van der Waals surface area contributed by atoms with Crippen molar-refractivity contribution in [3.8, 4) is 11.8 Å². The number of ether oxygens (including phenoxy) is 1. The molecule has 0 radical (unpaired) electrons. The number of halogens is 1. The van der Waals surface area contributed by atoms with Crippen molar-refractivity contribution in [3.63, 3.8) is 0 Å². The SMILES string of the molecule is COc1cc(C(=O)C(C#N)c2ccccc2)ccc1F. The van der Waals surface area contributed by atoms with E-state index in [1.165, 1.54) is 19.2 Å². The highest BCUT2D eigenvalue weighted by molar-refractivity contribution is 6.03. The van der Waals surface area contributed by atoms with Crippen molar-refractivity contribution in [1.82, 2.24) is 0 Å². The second-order valence-corrected chi connectivity index (χ2v) is 4.19. The van der Waals surface area contributed by atoms with Gasteiger partial charge in [-0.1, -0.05) is 30.3 Å². The van der Waals surface area contributed by atoms with Crippen LogP contribution in [0.4, 0.5) is 4.39 Å². The van der Waals surface area contributed by atoms with E-state index < -0.39 is 11.7 Å². The van der Waals surface area contributed by atoms with E-state index in [0.29, 0.717) is 5.56 Å². The average Bonchev–Trinajstić information content (AvgIpc) is 2.49. The quantitative estimate of drug-likeness (QED) is 0.800. The van der Waals surface area contributed by atoms with E-state index in [1.54, 1.807) is 24.3 Å². The van der Waals surface area contributed by atoms with Crippen LogP contribution < -0.4 is 4.74 Å². The lowest BCUT2D eigenvalue weighted by Gasteiger charge is -2.10. The Morgan fingerprint density at radius 2 is 1.95 bits per heavy atom. The maximum absolute atomic E-state index is 13.3. The lowest BCUT2D eigenvalue weighted by atomic mass is 9.92. The van der Waals surface area contributed by atoms with Crippen LogP contribution in [0.15, 0.2) is 48.5 Å². The largest absolute Gasteiger partial charge is 0.494 e. The molecule has 0 amide bonds. The van der Waals surface area contributed by atoms with E-state index in [2.05, 4.69) is 0 Å². The lowest BCUT2D eigenvalue weighted by molar-refractivity contribution is 0.0978. The van der Waals surface area contributed by atoms with E-state index in [1.807, 2.05) is 12.1 Å². The molecule has 20 heavy (non-hydrogen) atoms. The third-order valence-electron chi connectivity index (χ3n) is 2.96. The lowest BCUT2D eigenvalue weighted by Crippen LogP contribution is -2.11. The fourth-order valence-electron chi connectivity index (χ4n) is 1.91. The summed E-state index contributed by atoms with van der Waals surface area (Å²) in [7, 11) is 1.33. The number of nitrogens with zero attached hydrogens (tertiary/aromatic N) is 1. The number of Topliss-reactive ketones (excluding diaryl/α,β-unsaturated/α-hetero) is 1. The monoisotopic (exact) mass is 269 g/mol. The van der Waals surface area contributed by atoms with Crippen LogP contribution in [-0.4, -0.2) is 12.9 Å². The zero-order valence-corrected chi connectivity index (χ0v) is 10.8. The van der Waals surface area contributed by atoms with Crippen molar-refractivity contribution in [1.29, 1.82) is 5.26 Å². The number of nitriles is 1. The molecule has 3 nitrogen and oxygen atoms in total. The van der Waals surface area contributed by atoms with E-state index in [4.69, 9.17) is 4.74 Å². The number of benzene rings is 2. The molecule has 2 rings (SSSR count). The predicted octanol–water partition coefficient (Wildman–Crippen LogP) is 3.32. The fourth-order valence-corrected chi connectivity index (χ4v) is 1.91. The van der Waals surface area contributed by atoms with Gasteiger partial charge >= 0.3 is 0 Å². The maximum Gasteiger partial charge on any atom is 0.184 e. The Morgan fingerprint density at radius 1 is 1.25 bits per heavy atom. The molecule has 0 saturated heterocycles. The number of rotatable bonds is 4. The fraction of sp³-hybridized carbons (Fsp3) is 0.125. The summed E-state index contributed by atoms with van der Waals surface area (Å²) < 4.78 is 18.2. The third kappa shape index (κ3) is 2.67. The zero-order valence-electron chi connectivity index (χ0n) is 10.8. The molecular formula is C16H12FNO2. The number of carbonyl (C=O) groups excluding carboxylic acids is 1. The van der Waals surface area contributed by atoms with Gasteiger partial charge in [0, 0.05) is 5.56 Å². The van der Waals surface area contributed by atoms with E-state index in [0.717, 1.165) is 6.07 Å². The first-order chi connectivity index (χ1) is 9.67. The van der Waals surface area contributed by atoms with Crippen molar-refractivity contribution in [2.24, 2.45) is 0 Å². The first-order valence-corrected chi connectivity index (χ1v) is 5.99. The first-order valence-electron chi connectivity index (χ1n) is 5.99. The molecule has 1 unspecified atom stereocenters. The highest BCUT2D eigenvalue weighted by atomic mass is 19.1. The molecule has 2 aromatic carbocycles. The second-order valence-electron chi connectivity index (χ2n) is 4.19. The number of hydrogen-bond acceptors (Lipinski definition) is 3. The first kappa shape index (κ1) is 13.8. The summed E-state index contributed by atoms with van der Waals surface area (Å²) >= 11 is 0. The summed E-state index contributed by atoms with van der Waals surface area (Å²) in [5, 5.41) is 9.22. The molecule has 0 bridgehead atoms. The number of hydrogen-bond donors (Lipinski definition) is 0. The van der Waals surface area contributed by atoms with Gasteiger partial charge in [0.2, 0.25) is 0 Å². The Morgan fingerprint density at radius 3 is 2.55 bits per heavy atom. The highest BCUT2D eigenvalue weighted by Crippen LogP contribution is 2.24. The summed E-state index contributed by atoms with van der Waals surface area (Å²) in [5.41, 5.74) is 0.863. The van der Waals surface area contributed by atoms with Gasteiger partial charge in [0.15, 0.2) is 17.3 Å². The second kappa shape index (κ2) is 5.98. The van der Waals surface area contributed by atoms with Gasteiger partial charge in [-0.3, -0.25) is 4.79 Å². The Hall–Kier alpha value is -2.67. The summed E-state index contributed by atoms with van der Waals surface area (Å²) in [6, 6.07) is 14.6. The molecule has 0 heterocycles. The van der Waals surface area contributed by atoms with Crippen molar-refractivity contribution < 1.29 is 13.9 Å². The molecule has 0 aliphatic heterocycles. The predicted molar refractivity (Wildman–Crippen MR) is 72.1 cm³/mol. The van der Waals surface area contributed by atoms with Gasteiger partial charge in [0.1, 0.15) is 5.92 Å². The van der Waals surface area contributed by atoms with Crippen LogP contribution in [0.3, 0.4) is 0 Å². The van der Waals surface area contributed by atoms with Crippen LogP contribution in [0.25, 0.3) is 0 Å². The van der Waals surface area contributed by atoms with Gasteiger partial charge in [-0.2, -0.15) is 5.26 Å². The summed E-state index contributed by atoms with van der Waals surface area (Å²) in [6.45, 7) is 0. The third-order valence-corrected chi connectivity index (χ3v) is 2.96. The van der Waals surface area contributed by atoms with E-state index in [-0.39, 0.29) is 17.1 Å². The Bertz CT molecular complexity index is 662. The topological polar surface area (TPSA) is 50.1 Å². The molecule has 2 aromatic rings. The summed E-state index contributed by atoms with van der Waals surface area (Å²) in [5.74, 6) is -1.85. The Kier molecular flexibility index (Phi) is 4.11. The molecule has 0 saturated carbocycles. The average molecular weight is 269 g/mol. The van der Waals surface area contributed by atoms with Crippen molar-refractivity contribution in [2.75, 3.05) is 7.11 Å². The minimum absolute atomic E-state index is 0.0133. The molecule has 0 aliphatic rings. The molecule has 0 aliphatic carbocycles. The molecule has 100 valence electrons. The zero-order chi connectivity index (χ0) is 14.5. The minimum Gasteiger partial charge on any atom is -0.494 e. The van der Waals surface area contributed by atoms with Crippen molar-refractivity contribution in [2.45, 2.75) is 5.92 Å². The van der Waals surface area contributed by atoms with Crippen LogP contribution in [0.1, 0.15) is 21.8 Å². The van der Waals surface area contributed by atoms with Gasteiger partial charge in [0.25, 0.3) is 0 Å². The number of methoxy groups -OCH3 is 1. The Balaban J connectivity index is 2.37. The summed E-state index contributed by atoms with van der Waals surface area (Å²) in [4.78, 5) is 12.4. The van der Waals surface area contributed by atoms with Crippen LogP contribution in [0.5, 0.6) is 5.75 Å². The maximum atomic E-state index is 13.3. The standard InChI is InChI=1S/C16H12FNO2/c1-20-15-9-12(7-8-14(15)17)16(19)13(10-18)11-5-3-2-4-6-11/h2-9,13H,1H3. The van der Waals surface area contributed by atoms with Crippen LogP contribution in [0, 0.1) is 17.1 Å². The van der Waals surface area contributed by atoms with Gasteiger partial charge in [-0.15, -0.1) is 0 Å². The number of ketones is 1. The van der Waals surface area contributed by atoms with Crippen LogP contribution in [-0.2, 0) is 0 Å². The van der Waals surface area contributed by atoms with Crippen molar-refractivity contribution in [3.05, 3.63) is 65.5 Å². The molecule has 0 fully saturated rings. The van der Waals surface area contributed by atoms with Gasteiger partial charge < -0.3 is 4.74 Å². The van der Waals surface area contributed by atoms with Crippen LogP contribution >= 0.6 is 0 Å². The highest BCUT2D eigenvalue weighted by Gasteiger charge is 2.22. The smallest absolute Gasteiger partial charge is 0.184 e. The number of carbonyl (C=O) groups is 1. The normalized spacial score (nSPS) is 11.4. The minimum atomic E-state index is -0.911. The van der Waals surface area contributed by atoms with Crippen molar-refractivity contribution >= 4 is 5.78 Å². The Labute approximate surface area is 116 Å². The van der Waals surface area contributed by atoms with Gasteiger partial charge in [0.05, 0.1) is 13.2 Å². The molecular weight excluding hydrogens is 257 g/mol. The molecule has 0 aromatic heterocycles. The van der Waals surface area contributed by atoms with Gasteiger partial charge in [-0.25, -0.2) is 4.39 Å². The molecule has 4 heteroatoms. The van der Waals surface area contributed by atoms with Gasteiger partial charge in [-0.05, 0) is 23.8 Å². The van der Waals surface area contributed by atoms with E-state index >= 15 is 0 Å². The molecule has 1 atom stereocenters.